The summed E-state index contributed by atoms with van der Waals surface area (Å²) in [6.45, 7) is 4.81. The third-order valence-electron chi connectivity index (χ3n) is 3.90. The van der Waals surface area contributed by atoms with Crippen molar-refractivity contribution in [2.24, 2.45) is 5.92 Å². The Morgan fingerprint density at radius 2 is 1.96 bits per heavy atom. The highest BCUT2D eigenvalue weighted by molar-refractivity contribution is 7.89. The number of halogens is 1. The van der Waals surface area contributed by atoms with Gasteiger partial charge in [0, 0.05) is 25.6 Å². The molecule has 1 amide bonds. The Morgan fingerprint density at radius 1 is 1.33 bits per heavy atom. The third-order valence-corrected chi connectivity index (χ3v) is 5.46. The zero-order valence-electron chi connectivity index (χ0n) is 13.7. The Bertz CT molecular complexity index is 651. The van der Waals surface area contributed by atoms with Crippen LogP contribution in [0.25, 0.3) is 0 Å². The number of sulfonamides is 1. The number of aliphatic hydroxyl groups is 1. The molecule has 0 saturated carbocycles. The molecule has 0 spiro atoms. The Labute approximate surface area is 148 Å². The minimum atomic E-state index is -3.74. The lowest BCUT2D eigenvalue weighted by atomic mass is 10.1. The van der Waals surface area contributed by atoms with Crippen LogP contribution in [0.15, 0.2) is 29.2 Å². The SMILES string of the molecule is Cc1ccc(S(=O)(=O)NC(C)C(=O)NCC2CNCC2O)cc1.Cl. The van der Waals surface area contributed by atoms with E-state index in [9.17, 15) is 18.3 Å². The second kappa shape index (κ2) is 8.77. The van der Waals surface area contributed by atoms with E-state index in [0.717, 1.165) is 5.56 Å². The van der Waals surface area contributed by atoms with Crippen LogP contribution in [0.1, 0.15) is 12.5 Å². The number of nitrogens with one attached hydrogen (secondary N) is 3. The van der Waals surface area contributed by atoms with Crippen molar-refractivity contribution in [1.29, 1.82) is 0 Å². The Morgan fingerprint density at radius 3 is 2.50 bits per heavy atom. The van der Waals surface area contributed by atoms with Gasteiger partial charge in [0.25, 0.3) is 0 Å². The predicted molar refractivity (Wildman–Crippen MR) is 93.6 cm³/mol. The quantitative estimate of drug-likeness (QED) is 0.548. The highest BCUT2D eigenvalue weighted by Gasteiger charge is 2.27. The molecule has 0 bridgehead atoms. The van der Waals surface area contributed by atoms with E-state index in [1.807, 2.05) is 6.92 Å². The van der Waals surface area contributed by atoms with Crippen LogP contribution in [0.5, 0.6) is 0 Å². The van der Waals surface area contributed by atoms with Crippen LogP contribution in [-0.2, 0) is 14.8 Å². The van der Waals surface area contributed by atoms with Gasteiger partial charge in [0.1, 0.15) is 0 Å². The third kappa shape index (κ3) is 5.42. The molecule has 3 unspecified atom stereocenters. The Hall–Kier alpha value is -1.19. The van der Waals surface area contributed by atoms with Gasteiger partial charge in [-0.25, -0.2) is 8.42 Å². The summed E-state index contributed by atoms with van der Waals surface area (Å²) in [6.07, 6.45) is -0.491. The molecule has 1 aliphatic heterocycles. The van der Waals surface area contributed by atoms with E-state index in [4.69, 9.17) is 0 Å². The molecule has 1 aromatic carbocycles. The molecule has 24 heavy (non-hydrogen) atoms. The summed E-state index contributed by atoms with van der Waals surface area (Å²) in [5.41, 5.74) is 0.957. The lowest BCUT2D eigenvalue weighted by Gasteiger charge is -2.18. The minimum absolute atomic E-state index is 0. The van der Waals surface area contributed by atoms with Gasteiger partial charge in [-0.3, -0.25) is 4.79 Å². The van der Waals surface area contributed by atoms with Crippen LogP contribution >= 0.6 is 12.4 Å². The summed E-state index contributed by atoms with van der Waals surface area (Å²) < 4.78 is 26.8. The van der Waals surface area contributed by atoms with Gasteiger partial charge in [0.2, 0.25) is 15.9 Å². The molecule has 2 rings (SSSR count). The number of carbonyl (C=O) groups is 1. The topological polar surface area (TPSA) is 108 Å². The van der Waals surface area contributed by atoms with E-state index in [-0.39, 0.29) is 23.2 Å². The van der Waals surface area contributed by atoms with Crippen molar-refractivity contribution in [3.63, 3.8) is 0 Å². The molecule has 0 radical (unpaired) electrons. The van der Waals surface area contributed by atoms with Gasteiger partial charge in [0.15, 0.2) is 0 Å². The number of amides is 1. The second-order valence-corrected chi connectivity index (χ2v) is 7.60. The first kappa shape index (κ1) is 20.9. The molecule has 1 fully saturated rings. The van der Waals surface area contributed by atoms with E-state index in [1.165, 1.54) is 19.1 Å². The van der Waals surface area contributed by atoms with Crippen molar-refractivity contribution in [3.8, 4) is 0 Å². The first-order valence-corrected chi connectivity index (χ1v) is 9.03. The average Bonchev–Trinajstić information content (AvgIpc) is 2.90. The van der Waals surface area contributed by atoms with Crippen molar-refractivity contribution in [2.75, 3.05) is 19.6 Å². The van der Waals surface area contributed by atoms with Gasteiger partial charge >= 0.3 is 0 Å². The summed E-state index contributed by atoms with van der Waals surface area (Å²) in [6, 6.07) is 5.51. The number of hydrogen-bond donors (Lipinski definition) is 4. The Kier molecular flexibility index (Phi) is 7.62. The maximum absolute atomic E-state index is 12.2. The maximum atomic E-state index is 12.2. The van der Waals surface area contributed by atoms with Crippen LogP contribution in [-0.4, -0.2) is 51.2 Å². The normalized spacial score (nSPS) is 21.8. The van der Waals surface area contributed by atoms with Crippen LogP contribution in [0.3, 0.4) is 0 Å². The molecule has 136 valence electrons. The number of carbonyl (C=O) groups excluding carboxylic acids is 1. The monoisotopic (exact) mass is 377 g/mol. The van der Waals surface area contributed by atoms with Gasteiger partial charge in [-0.05, 0) is 26.0 Å². The fourth-order valence-corrected chi connectivity index (χ4v) is 3.59. The highest BCUT2D eigenvalue weighted by Crippen LogP contribution is 2.11. The average molecular weight is 378 g/mol. The maximum Gasteiger partial charge on any atom is 0.241 e. The molecule has 1 heterocycles. The van der Waals surface area contributed by atoms with Crippen molar-refractivity contribution in [1.82, 2.24) is 15.4 Å². The molecule has 7 nitrogen and oxygen atoms in total. The van der Waals surface area contributed by atoms with Crippen molar-refractivity contribution >= 4 is 28.3 Å². The molecule has 0 aliphatic carbocycles. The van der Waals surface area contributed by atoms with Gasteiger partial charge in [-0.15, -0.1) is 12.4 Å². The molecular weight excluding hydrogens is 354 g/mol. The lowest BCUT2D eigenvalue weighted by molar-refractivity contribution is -0.122. The van der Waals surface area contributed by atoms with Crippen LogP contribution < -0.4 is 15.4 Å². The van der Waals surface area contributed by atoms with Crippen LogP contribution in [0.4, 0.5) is 0 Å². The fraction of sp³-hybridized carbons (Fsp3) is 0.533. The van der Waals surface area contributed by atoms with Crippen molar-refractivity contribution in [2.45, 2.75) is 30.9 Å². The molecule has 3 atom stereocenters. The number of benzene rings is 1. The summed E-state index contributed by atoms with van der Waals surface area (Å²) >= 11 is 0. The van der Waals surface area contributed by atoms with E-state index < -0.39 is 28.1 Å². The number of rotatable bonds is 6. The predicted octanol–water partition coefficient (Wildman–Crippen LogP) is -0.220. The molecule has 1 aliphatic rings. The van der Waals surface area contributed by atoms with E-state index >= 15 is 0 Å². The second-order valence-electron chi connectivity index (χ2n) is 5.89. The summed E-state index contributed by atoms with van der Waals surface area (Å²) in [5.74, 6) is -0.473. The van der Waals surface area contributed by atoms with Crippen LogP contribution in [0.2, 0.25) is 0 Å². The zero-order chi connectivity index (χ0) is 17.0. The van der Waals surface area contributed by atoms with E-state index in [2.05, 4.69) is 15.4 Å². The lowest BCUT2D eigenvalue weighted by Crippen LogP contribution is -2.46. The molecule has 9 heteroatoms. The van der Waals surface area contributed by atoms with Crippen LogP contribution in [0, 0.1) is 12.8 Å². The van der Waals surface area contributed by atoms with Gasteiger partial charge in [-0.2, -0.15) is 4.72 Å². The van der Waals surface area contributed by atoms with Gasteiger partial charge in [0.05, 0.1) is 17.0 Å². The summed E-state index contributed by atoms with van der Waals surface area (Å²) in [4.78, 5) is 12.2. The molecular formula is C15H24ClN3O4S. The summed E-state index contributed by atoms with van der Waals surface area (Å²) in [5, 5.41) is 15.4. The first-order chi connectivity index (χ1) is 10.8. The van der Waals surface area contributed by atoms with Crippen molar-refractivity contribution in [3.05, 3.63) is 29.8 Å². The smallest absolute Gasteiger partial charge is 0.241 e. The molecule has 4 N–H and O–H groups in total. The number of aryl methyl sites for hydroxylation is 1. The van der Waals surface area contributed by atoms with E-state index in [1.54, 1.807) is 12.1 Å². The van der Waals surface area contributed by atoms with Crippen molar-refractivity contribution < 1.29 is 18.3 Å². The Balaban J connectivity index is 0.00000288. The largest absolute Gasteiger partial charge is 0.391 e. The van der Waals surface area contributed by atoms with Gasteiger partial charge in [-0.1, -0.05) is 17.7 Å². The zero-order valence-corrected chi connectivity index (χ0v) is 15.3. The van der Waals surface area contributed by atoms with Gasteiger partial charge < -0.3 is 15.7 Å². The first-order valence-electron chi connectivity index (χ1n) is 7.55. The minimum Gasteiger partial charge on any atom is -0.391 e. The molecule has 0 aromatic heterocycles. The molecule has 1 saturated heterocycles. The standard InChI is InChI=1S/C15H23N3O4S.ClH/c1-10-3-5-13(6-4-10)23(21,22)18-11(2)15(20)17-8-12-7-16-9-14(12)19;/h3-6,11-12,14,16,18-19H,7-9H2,1-2H3,(H,17,20);1H. The number of β-amino-alcohol motifs (C(OH)–C–C–N with tert-alkyl or cyclic N) is 1. The number of hydrogen-bond acceptors (Lipinski definition) is 5. The highest BCUT2D eigenvalue weighted by atomic mass is 35.5. The fourth-order valence-electron chi connectivity index (χ4n) is 2.38. The summed E-state index contributed by atoms with van der Waals surface area (Å²) in [7, 11) is -3.74. The molecule has 1 aromatic rings. The number of aliphatic hydroxyl groups excluding tert-OH is 1. The van der Waals surface area contributed by atoms with E-state index in [0.29, 0.717) is 19.6 Å².